The zero-order valence-electron chi connectivity index (χ0n) is 10.8. The quantitative estimate of drug-likeness (QED) is 0.801. The highest BCUT2D eigenvalue weighted by Crippen LogP contribution is 2.43. The van der Waals surface area contributed by atoms with E-state index in [-0.39, 0.29) is 5.41 Å². The molecule has 0 amide bonds. The Hall–Kier alpha value is -0.970. The van der Waals surface area contributed by atoms with Crippen molar-refractivity contribution in [1.29, 1.82) is 0 Å². The number of pyridine rings is 1. The molecule has 0 aromatic carbocycles. The van der Waals surface area contributed by atoms with Crippen molar-refractivity contribution in [3.63, 3.8) is 0 Å². The summed E-state index contributed by atoms with van der Waals surface area (Å²) in [5.74, 6) is 0.744. The fourth-order valence-electron chi connectivity index (χ4n) is 4.55. The third-order valence-corrected chi connectivity index (χ3v) is 4.95. The molecule has 1 aromatic heterocycles. The Morgan fingerprint density at radius 1 is 1.28 bits per heavy atom. The van der Waals surface area contributed by atoms with Crippen molar-refractivity contribution in [1.82, 2.24) is 20.1 Å². The summed E-state index contributed by atoms with van der Waals surface area (Å²) in [4.78, 5) is 9.87. The molecule has 18 heavy (non-hydrogen) atoms. The molecule has 4 bridgehead atoms. The van der Waals surface area contributed by atoms with Crippen molar-refractivity contribution in [2.45, 2.75) is 11.5 Å². The molecule has 5 rings (SSSR count). The highest BCUT2D eigenvalue weighted by atomic mass is 15.4. The molecule has 3 unspecified atom stereocenters. The van der Waals surface area contributed by atoms with E-state index in [4.69, 9.17) is 0 Å². The lowest BCUT2D eigenvalue weighted by Gasteiger charge is -2.63. The number of nitrogens with zero attached hydrogens (tertiary/aromatic N) is 3. The number of aromatic nitrogens is 1. The molecule has 5 heterocycles. The second-order valence-corrected chi connectivity index (χ2v) is 6.06. The Labute approximate surface area is 108 Å². The summed E-state index contributed by atoms with van der Waals surface area (Å²) in [7, 11) is 2.11. The van der Waals surface area contributed by atoms with E-state index >= 15 is 0 Å². The monoisotopic (exact) mass is 244 g/mol. The van der Waals surface area contributed by atoms with Gasteiger partial charge in [0, 0.05) is 44.3 Å². The van der Waals surface area contributed by atoms with E-state index in [0.29, 0.717) is 6.04 Å². The number of hydrogen-bond acceptors (Lipinski definition) is 4. The largest absolute Gasteiger partial charge is 0.316 e. The van der Waals surface area contributed by atoms with Gasteiger partial charge in [-0.25, -0.2) is 0 Å². The minimum Gasteiger partial charge on any atom is -0.316 e. The van der Waals surface area contributed by atoms with E-state index in [1.54, 1.807) is 0 Å². The summed E-state index contributed by atoms with van der Waals surface area (Å²) in [6.07, 6.45) is 1.94. The lowest BCUT2D eigenvalue weighted by atomic mass is 9.64. The Morgan fingerprint density at radius 3 is 2.67 bits per heavy atom. The minimum absolute atomic E-state index is 0.190. The molecule has 4 heteroatoms. The summed E-state index contributed by atoms with van der Waals surface area (Å²) in [5, 5.41) is 3.59. The van der Waals surface area contributed by atoms with Crippen molar-refractivity contribution in [3.05, 3.63) is 30.1 Å². The zero-order valence-corrected chi connectivity index (χ0v) is 10.8. The lowest BCUT2D eigenvalue weighted by Crippen LogP contribution is -2.77. The molecule has 0 radical (unpaired) electrons. The molecule has 96 valence electrons. The molecule has 4 aliphatic heterocycles. The summed E-state index contributed by atoms with van der Waals surface area (Å²) in [6, 6.07) is 6.91. The van der Waals surface area contributed by atoms with E-state index in [0.717, 1.165) is 25.7 Å². The van der Waals surface area contributed by atoms with Crippen LogP contribution in [0, 0.1) is 5.92 Å². The molecule has 1 N–H and O–H groups in total. The van der Waals surface area contributed by atoms with E-state index in [1.807, 2.05) is 12.3 Å². The summed E-state index contributed by atoms with van der Waals surface area (Å²) >= 11 is 0. The van der Waals surface area contributed by atoms with Gasteiger partial charge in [-0.2, -0.15) is 0 Å². The van der Waals surface area contributed by atoms with Crippen molar-refractivity contribution in [2.24, 2.45) is 5.92 Å². The number of nitrogens with one attached hydrogen (secondary N) is 1. The van der Waals surface area contributed by atoms with Gasteiger partial charge in [0.15, 0.2) is 0 Å². The SMILES string of the molecule is CNC1C2CN3CN(C2)CC1(c1ccccn1)C3. The molecule has 4 fully saturated rings. The maximum atomic E-state index is 4.67. The average Bonchev–Trinajstić information content (AvgIpc) is 2.39. The van der Waals surface area contributed by atoms with Gasteiger partial charge >= 0.3 is 0 Å². The van der Waals surface area contributed by atoms with Gasteiger partial charge in [0.1, 0.15) is 0 Å². The maximum Gasteiger partial charge on any atom is 0.0537 e. The molecular formula is C14H20N4. The Bertz CT molecular complexity index is 432. The van der Waals surface area contributed by atoms with Gasteiger partial charge in [-0.15, -0.1) is 0 Å². The normalized spacial score (nSPS) is 45.4. The number of rotatable bonds is 2. The Balaban J connectivity index is 1.81. The zero-order chi connectivity index (χ0) is 12.2. The van der Waals surface area contributed by atoms with Crippen LogP contribution in [0.25, 0.3) is 0 Å². The average molecular weight is 244 g/mol. The predicted octanol–water partition coefficient (Wildman–Crippen LogP) is 0.126. The van der Waals surface area contributed by atoms with Gasteiger partial charge in [0.25, 0.3) is 0 Å². The van der Waals surface area contributed by atoms with Crippen molar-refractivity contribution >= 4 is 0 Å². The molecule has 3 atom stereocenters. The summed E-state index contributed by atoms with van der Waals surface area (Å²) in [5.41, 5.74) is 1.46. The van der Waals surface area contributed by atoms with Gasteiger partial charge in [0.05, 0.1) is 17.8 Å². The first-order chi connectivity index (χ1) is 8.82. The van der Waals surface area contributed by atoms with E-state index in [2.05, 4.69) is 39.3 Å². The van der Waals surface area contributed by atoms with Gasteiger partial charge in [0.2, 0.25) is 0 Å². The van der Waals surface area contributed by atoms with Crippen LogP contribution in [0.5, 0.6) is 0 Å². The summed E-state index contributed by atoms with van der Waals surface area (Å²) in [6.45, 7) is 5.96. The molecule has 0 saturated carbocycles. The van der Waals surface area contributed by atoms with Crippen LogP contribution in [0.1, 0.15) is 5.69 Å². The first-order valence-corrected chi connectivity index (χ1v) is 6.85. The topological polar surface area (TPSA) is 31.4 Å². The molecule has 0 aliphatic carbocycles. The van der Waals surface area contributed by atoms with Gasteiger partial charge in [-0.05, 0) is 19.2 Å². The van der Waals surface area contributed by atoms with E-state index < -0.39 is 0 Å². The fraction of sp³-hybridized carbons (Fsp3) is 0.643. The maximum absolute atomic E-state index is 4.67. The fourth-order valence-corrected chi connectivity index (χ4v) is 4.55. The van der Waals surface area contributed by atoms with E-state index in [1.165, 1.54) is 18.8 Å². The first kappa shape index (κ1) is 10.9. The van der Waals surface area contributed by atoms with Gasteiger partial charge < -0.3 is 5.32 Å². The van der Waals surface area contributed by atoms with Crippen molar-refractivity contribution in [2.75, 3.05) is 39.9 Å². The second kappa shape index (κ2) is 3.76. The lowest BCUT2D eigenvalue weighted by molar-refractivity contribution is -0.107. The third-order valence-electron chi connectivity index (χ3n) is 4.95. The van der Waals surface area contributed by atoms with Gasteiger partial charge in [-0.3, -0.25) is 14.8 Å². The van der Waals surface area contributed by atoms with Crippen LogP contribution in [-0.2, 0) is 5.41 Å². The standard InChI is InChI=1S/C14H20N4/c1-15-13-11-6-17-8-14(13,9-18(7-11)10-17)12-4-2-3-5-16-12/h2-5,11,13,15H,6-10H2,1H3. The number of hydrogen-bond donors (Lipinski definition) is 1. The smallest absolute Gasteiger partial charge is 0.0537 e. The van der Waals surface area contributed by atoms with Crippen LogP contribution in [0.3, 0.4) is 0 Å². The highest BCUT2D eigenvalue weighted by molar-refractivity contribution is 5.28. The highest BCUT2D eigenvalue weighted by Gasteiger charge is 2.56. The minimum atomic E-state index is 0.190. The molecule has 4 nitrogen and oxygen atoms in total. The summed E-state index contributed by atoms with van der Waals surface area (Å²) < 4.78 is 0. The van der Waals surface area contributed by atoms with Crippen LogP contribution in [0.15, 0.2) is 24.4 Å². The molecular weight excluding hydrogens is 224 g/mol. The molecule has 4 aliphatic rings. The van der Waals surface area contributed by atoms with Crippen molar-refractivity contribution in [3.8, 4) is 0 Å². The number of piperidine rings is 2. The molecule has 0 spiro atoms. The van der Waals surface area contributed by atoms with Crippen LogP contribution in [0.4, 0.5) is 0 Å². The molecule has 4 saturated heterocycles. The first-order valence-electron chi connectivity index (χ1n) is 6.85. The second-order valence-electron chi connectivity index (χ2n) is 6.06. The van der Waals surface area contributed by atoms with Crippen LogP contribution in [0.2, 0.25) is 0 Å². The predicted molar refractivity (Wildman–Crippen MR) is 70.3 cm³/mol. The third kappa shape index (κ3) is 1.34. The Morgan fingerprint density at radius 2 is 2.06 bits per heavy atom. The van der Waals surface area contributed by atoms with E-state index in [9.17, 15) is 0 Å². The number of likely N-dealkylation sites (N-methyl/N-ethyl adjacent to an activating group) is 1. The van der Waals surface area contributed by atoms with Crippen LogP contribution < -0.4 is 5.32 Å². The Kier molecular flexibility index (Phi) is 2.28. The molecule has 1 aromatic rings. The van der Waals surface area contributed by atoms with Crippen LogP contribution in [-0.4, -0.2) is 60.7 Å². The van der Waals surface area contributed by atoms with Crippen molar-refractivity contribution < 1.29 is 0 Å². The van der Waals surface area contributed by atoms with Gasteiger partial charge in [-0.1, -0.05) is 6.07 Å². The van der Waals surface area contributed by atoms with Crippen LogP contribution >= 0.6 is 0 Å².